The van der Waals surface area contributed by atoms with Crippen LogP contribution in [0.1, 0.15) is 39.0 Å². The lowest BCUT2D eigenvalue weighted by Crippen LogP contribution is -2.36. The molecule has 2 fully saturated rings. The van der Waals surface area contributed by atoms with Crippen molar-refractivity contribution in [3.05, 3.63) is 0 Å². The molecule has 0 aromatic heterocycles. The van der Waals surface area contributed by atoms with Crippen LogP contribution in [0, 0.1) is 5.92 Å². The van der Waals surface area contributed by atoms with E-state index in [1.54, 1.807) is 0 Å². The highest BCUT2D eigenvalue weighted by molar-refractivity contribution is 8.00. The van der Waals surface area contributed by atoms with Crippen molar-refractivity contribution in [2.45, 2.75) is 49.5 Å². The summed E-state index contributed by atoms with van der Waals surface area (Å²) in [4.78, 5) is 11.6. The fourth-order valence-corrected chi connectivity index (χ4v) is 4.05. The molecule has 0 bridgehead atoms. The minimum Gasteiger partial charge on any atom is -0.299 e. The average molecular weight is 184 g/mol. The van der Waals surface area contributed by atoms with E-state index in [0.717, 1.165) is 6.42 Å². The maximum Gasteiger partial charge on any atom is 0.138 e. The van der Waals surface area contributed by atoms with Crippen molar-refractivity contribution in [1.29, 1.82) is 0 Å². The summed E-state index contributed by atoms with van der Waals surface area (Å²) in [6, 6.07) is 0. The van der Waals surface area contributed by atoms with Crippen LogP contribution in [0.25, 0.3) is 0 Å². The second-order valence-electron chi connectivity index (χ2n) is 4.05. The first kappa shape index (κ1) is 8.61. The number of fused-ring (bicyclic) bond motifs is 1. The van der Waals surface area contributed by atoms with Gasteiger partial charge in [0.15, 0.2) is 0 Å². The zero-order valence-corrected chi connectivity index (χ0v) is 8.40. The minimum absolute atomic E-state index is 0.431. The molecular formula is C10H16OS. The first-order valence-electron chi connectivity index (χ1n) is 4.95. The predicted octanol–water partition coefficient (Wildman–Crippen LogP) is 2.64. The van der Waals surface area contributed by atoms with Gasteiger partial charge in [-0.05, 0) is 12.8 Å². The Morgan fingerprint density at radius 1 is 1.33 bits per heavy atom. The van der Waals surface area contributed by atoms with Gasteiger partial charge in [-0.3, -0.25) is 4.79 Å². The van der Waals surface area contributed by atoms with Gasteiger partial charge in [0, 0.05) is 22.8 Å². The number of carbonyl (C=O) groups is 1. The van der Waals surface area contributed by atoms with Crippen molar-refractivity contribution in [3.63, 3.8) is 0 Å². The van der Waals surface area contributed by atoms with Crippen molar-refractivity contribution >= 4 is 17.5 Å². The summed E-state index contributed by atoms with van der Waals surface area (Å²) in [6.45, 7) is 2.19. The van der Waals surface area contributed by atoms with Gasteiger partial charge in [0.05, 0.1) is 0 Å². The Morgan fingerprint density at radius 3 is 2.92 bits per heavy atom. The number of ketones is 1. The largest absolute Gasteiger partial charge is 0.299 e. The molecule has 1 saturated heterocycles. The molecule has 1 aliphatic carbocycles. The minimum atomic E-state index is 0.431. The Balaban J connectivity index is 2.06. The molecule has 1 nitrogen and oxygen atoms in total. The normalized spacial score (nSPS) is 42.4. The molecular weight excluding hydrogens is 168 g/mol. The van der Waals surface area contributed by atoms with E-state index in [1.165, 1.54) is 25.7 Å². The molecule has 68 valence electrons. The number of thioether (sulfide) groups is 1. The van der Waals surface area contributed by atoms with E-state index in [0.29, 0.717) is 22.2 Å². The third kappa shape index (κ3) is 1.54. The summed E-state index contributed by atoms with van der Waals surface area (Å²) in [5.74, 6) is 0.978. The number of Topliss-reactive ketones (excluding diaryl/α,β-unsaturated/α-hetero) is 1. The van der Waals surface area contributed by atoms with E-state index >= 15 is 0 Å². The zero-order valence-electron chi connectivity index (χ0n) is 7.58. The molecule has 1 heterocycles. The summed E-state index contributed by atoms with van der Waals surface area (Å²) in [7, 11) is 0. The van der Waals surface area contributed by atoms with Gasteiger partial charge in [0.2, 0.25) is 0 Å². The van der Waals surface area contributed by atoms with Crippen molar-refractivity contribution in [2.75, 3.05) is 0 Å². The van der Waals surface area contributed by atoms with Crippen LogP contribution in [-0.4, -0.2) is 16.3 Å². The number of carbonyl (C=O) groups excluding carboxylic acids is 1. The second-order valence-corrected chi connectivity index (χ2v) is 5.73. The second kappa shape index (κ2) is 3.41. The van der Waals surface area contributed by atoms with Crippen molar-refractivity contribution in [2.24, 2.45) is 5.92 Å². The SMILES string of the molecule is CC1CC(=O)C2CCCCC2S1. The van der Waals surface area contributed by atoms with Crippen LogP contribution in [0.2, 0.25) is 0 Å². The first-order valence-corrected chi connectivity index (χ1v) is 5.90. The highest BCUT2D eigenvalue weighted by Crippen LogP contribution is 2.41. The average Bonchev–Trinajstić information content (AvgIpc) is 2.04. The highest BCUT2D eigenvalue weighted by atomic mass is 32.2. The molecule has 3 unspecified atom stereocenters. The van der Waals surface area contributed by atoms with Crippen LogP contribution in [-0.2, 0) is 4.79 Å². The molecule has 12 heavy (non-hydrogen) atoms. The molecule has 0 amide bonds. The third-order valence-electron chi connectivity index (χ3n) is 3.01. The van der Waals surface area contributed by atoms with Gasteiger partial charge in [0.1, 0.15) is 5.78 Å². The fourth-order valence-electron chi connectivity index (χ4n) is 2.41. The van der Waals surface area contributed by atoms with Crippen molar-refractivity contribution in [1.82, 2.24) is 0 Å². The monoisotopic (exact) mass is 184 g/mol. The van der Waals surface area contributed by atoms with Crippen LogP contribution < -0.4 is 0 Å². The van der Waals surface area contributed by atoms with Gasteiger partial charge < -0.3 is 0 Å². The highest BCUT2D eigenvalue weighted by Gasteiger charge is 2.36. The molecule has 2 rings (SSSR count). The fraction of sp³-hybridized carbons (Fsp3) is 0.900. The van der Waals surface area contributed by atoms with Crippen LogP contribution >= 0.6 is 11.8 Å². The van der Waals surface area contributed by atoms with Gasteiger partial charge in [-0.25, -0.2) is 0 Å². The van der Waals surface area contributed by atoms with E-state index < -0.39 is 0 Å². The Bertz CT molecular complexity index is 190. The molecule has 0 aromatic carbocycles. The van der Waals surface area contributed by atoms with Crippen LogP contribution in [0.4, 0.5) is 0 Å². The summed E-state index contributed by atoms with van der Waals surface area (Å²) in [5.41, 5.74) is 0. The molecule has 1 saturated carbocycles. The lowest BCUT2D eigenvalue weighted by atomic mass is 9.84. The van der Waals surface area contributed by atoms with Crippen molar-refractivity contribution in [3.8, 4) is 0 Å². The number of rotatable bonds is 0. The Morgan fingerprint density at radius 2 is 2.08 bits per heavy atom. The first-order chi connectivity index (χ1) is 5.77. The molecule has 0 spiro atoms. The molecule has 2 aliphatic rings. The van der Waals surface area contributed by atoms with Crippen LogP contribution in [0.3, 0.4) is 0 Å². The van der Waals surface area contributed by atoms with E-state index in [1.807, 2.05) is 0 Å². The lowest BCUT2D eigenvalue weighted by molar-refractivity contribution is -0.123. The zero-order chi connectivity index (χ0) is 8.55. The third-order valence-corrected chi connectivity index (χ3v) is 4.56. The van der Waals surface area contributed by atoms with Gasteiger partial charge in [-0.2, -0.15) is 11.8 Å². The molecule has 0 radical (unpaired) electrons. The number of hydrogen-bond acceptors (Lipinski definition) is 2. The molecule has 1 aliphatic heterocycles. The van der Waals surface area contributed by atoms with Crippen molar-refractivity contribution < 1.29 is 4.79 Å². The summed E-state index contributed by atoms with van der Waals surface area (Å²) < 4.78 is 0. The Labute approximate surface area is 78.3 Å². The topological polar surface area (TPSA) is 17.1 Å². The summed E-state index contributed by atoms with van der Waals surface area (Å²) in [6.07, 6.45) is 5.90. The standard InChI is InChI=1S/C10H16OS/c1-7-6-9(11)8-4-2-3-5-10(8)12-7/h7-8,10H,2-6H2,1H3. The van der Waals surface area contributed by atoms with E-state index in [-0.39, 0.29) is 0 Å². The Kier molecular flexibility index (Phi) is 2.44. The van der Waals surface area contributed by atoms with Gasteiger partial charge >= 0.3 is 0 Å². The maximum atomic E-state index is 11.6. The van der Waals surface area contributed by atoms with E-state index in [4.69, 9.17) is 0 Å². The molecule has 2 heteroatoms. The molecule has 0 aromatic rings. The summed E-state index contributed by atoms with van der Waals surface area (Å²) in [5, 5.41) is 1.26. The summed E-state index contributed by atoms with van der Waals surface area (Å²) >= 11 is 2.05. The van der Waals surface area contributed by atoms with Gasteiger partial charge in [0.25, 0.3) is 0 Å². The van der Waals surface area contributed by atoms with E-state index in [2.05, 4.69) is 18.7 Å². The quantitative estimate of drug-likeness (QED) is 0.575. The predicted molar refractivity (Wildman–Crippen MR) is 52.4 cm³/mol. The Hall–Kier alpha value is 0.0200. The van der Waals surface area contributed by atoms with Crippen LogP contribution in [0.15, 0.2) is 0 Å². The maximum absolute atomic E-state index is 11.6. The lowest BCUT2D eigenvalue weighted by Gasteiger charge is -2.36. The molecule has 0 N–H and O–H groups in total. The van der Waals surface area contributed by atoms with E-state index in [9.17, 15) is 4.79 Å². The smallest absolute Gasteiger partial charge is 0.138 e. The van der Waals surface area contributed by atoms with Gasteiger partial charge in [-0.15, -0.1) is 0 Å². The number of hydrogen-bond donors (Lipinski definition) is 0. The van der Waals surface area contributed by atoms with Crippen LogP contribution in [0.5, 0.6) is 0 Å². The van der Waals surface area contributed by atoms with Gasteiger partial charge in [-0.1, -0.05) is 19.8 Å². The molecule has 3 atom stereocenters.